The summed E-state index contributed by atoms with van der Waals surface area (Å²) < 4.78 is 7.76. The number of quaternary nitrogens is 1. The number of carbonyl (C=O) groups is 1. The minimum absolute atomic E-state index is 0.304. The average Bonchev–Trinajstić information content (AvgIpc) is 2.67. The van der Waals surface area contributed by atoms with Crippen LogP contribution in [-0.4, -0.2) is 13.0 Å². The van der Waals surface area contributed by atoms with Crippen molar-refractivity contribution in [3.8, 4) is 17.0 Å². The first-order chi connectivity index (χ1) is 13.1. The van der Waals surface area contributed by atoms with Crippen LogP contribution in [-0.2, 0) is 11.8 Å². The number of nitrogens with zero attached hydrogens (tertiary/aromatic N) is 1. The van der Waals surface area contributed by atoms with Crippen molar-refractivity contribution in [1.29, 1.82) is 0 Å². The van der Waals surface area contributed by atoms with Gasteiger partial charge in [0.05, 0.1) is 12.4 Å². The van der Waals surface area contributed by atoms with Gasteiger partial charge in [-0.1, -0.05) is 24.3 Å². The monoisotopic (exact) mass is 356 g/mol. The number of para-hydroxylation sites is 2. The van der Waals surface area contributed by atoms with Crippen LogP contribution in [0, 0.1) is 0 Å². The maximum absolute atomic E-state index is 11.6. The summed E-state index contributed by atoms with van der Waals surface area (Å²) in [5, 5.41) is 3.48. The minimum atomic E-state index is -0.304. The second kappa shape index (κ2) is 5.63. The Morgan fingerprint density at radius 2 is 1.70 bits per heavy atom. The smallest absolute Gasteiger partial charge is 0.308 e. The van der Waals surface area contributed by atoms with Crippen LogP contribution in [0.2, 0.25) is 0 Å². The lowest BCUT2D eigenvalue weighted by Crippen LogP contribution is -2.99. The Labute approximate surface area is 157 Å². The fraction of sp³-hybridized carbons (Fsp3) is 0.130. The summed E-state index contributed by atoms with van der Waals surface area (Å²) in [5.41, 5.74) is 5.94. The fourth-order valence-corrected chi connectivity index (χ4v) is 4.36. The number of carbonyl (C=O) groups excluding carboxylic acids is 1. The highest BCUT2D eigenvalue weighted by Crippen LogP contribution is 2.42. The van der Waals surface area contributed by atoms with E-state index in [2.05, 4.69) is 67.2 Å². The van der Waals surface area contributed by atoms with Crippen molar-refractivity contribution in [1.82, 2.24) is 0 Å². The number of hydrogen-bond acceptors (Lipinski definition) is 2. The van der Waals surface area contributed by atoms with E-state index in [1.54, 1.807) is 0 Å². The summed E-state index contributed by atoms with van der Waals surface area (Å²) in [5.74, 6) is 0.287. The standard InChI is InChI=1S/C23H19N2O2/c1-14(26)27-15-12-18-16-8-4-6-10-19(16)25(3)23-17-9-5-7-11-20(17)24(2)21(13-15)22(18)23/h4-13H,1-3H3/q+1/p+1. The van der Waals surface area contributed by atoms with Crippen LogP contribution in [0.3, 0.4) is 0 Å². The number of aromatic nitrogens is 1. The summed E-state index contributed by atoms with van der Waals surface area (Å²) in [7, 11) is 4.27. The SMILES string of the molecule is CC(=O)Oc1cc2c3c([n+](C)c4ccccc4c3c1)-c1ccccc1[NH+]2C. The molecular formula is C23H20N2O2+2. The van der Waals surface area contributed by atoms with E-state index < -0.39 is 0 Å². The highest BCUT2D eigenvalue weighted by Gasteiger charge is 2.35. The molecule has 27 heavy (non-hydrogen) atoms. The zero-order valence-electron chi connectivity index (χ0n) is 15.5. The topological polar surface area (TPSA) is 34.6 Å². The number of benzene rings is 3. The number of nitrogens with one attached hydrogen (secondary N) is 1. The van der Waals surface area contributed by atoms with Gasteiger partial charge in [0.1, 0.15) is 29.4 Å². The van der Waals surface area contributed by atoms with E-state index in [4.69, 9.17) is 4.74 Å². The van der Waals surface area contributed by atoms with Crippen molar-refractivity contribution in [3.63, 3.8) is 0 Å². The molecule has 0 saturated carbocycles. The summed E-state index contributed by atoms with van der Waals surface area (Å²) >= 11 is 0. The molecule has 5 rings (SSSR count). The molecule has 0 fully saturated rings. The van der Waals surface area contributed by atoms with E-state index in [1.807, 2.05) is 12.1 Å². The summed E-state index contributed by atoms with van der Waals surface area (Å²) in [4.78, 5) is 12.8. The summed E-state index contributed by atoms with van der Waals surface area (Å²) in [6.07, 6.45) is 0. The van der Waals surface area contributed by atoms with Crippen molar-refractivity contribution in [2.75, 3.05) is 7.05 Å². The Kier molecular flexibility index (Phi) is 3.33. The number of hydrogen-bond donors (Lipinski definition) is 1. The predicted molar refractivity (Wildman–Crippen MR) is 106 cm³/mol. The molecule has 3 aromatic carbocycles. The Morgan fingerprint density at radius 1 is 0.963 bits per heavy atom. The quantitative estimate of drug-likeness (QED) is 0.246. The molecule has 1 N–H and O–H groups in total. The van der Waals surface area contributed by atoms with Crippen molar-refractivity contribution in [2.24, 2.45) is 7.05 Å². The average molecular weight is 356 g/mol. The molecule has 132 valence electrons. The van der Waals surface area contributed by atoms with Gasteiger partial charge < -0.3 is 4.74 Å². The van der Waals surface area contributed by atoms with E-state index in [0.29, 0.717) is 5.75 Å². The summed E-state index contributed by atoms with van der Waals surface area (Å²) in [6.45, 7) is 1.44. The number of esters is 1. The molecule has 1 aromatic heterocycles. The molecule has 0 aliphatic carbocycles. The molecule has 0 bridgehead atoms. The van der Waals surface area contributed by atoms with Gasteiger partial charge in [0, 0.05) is 30.5 Å². The van der Waals surface area contributed by atoms with Gasteiger partial charge in [-0.2, -0.15) is 4.57 Å². The number of rotatable bonds is 1. The van der Waals surface area contributed by atoms with Crippen LogP contribution < -0.4 is 14.2 Å². The van der Waals surface area contributed by atoms with Gasteiger partial charge >= 0.3 is 5.97 Å². The van der Waals surface area contributed by atoms with E-state index >= 15 is 0 Å². The van der Waals surface area contributed by atoms with Crippen molar-refractivity contribution >= 4 is 39.0 Å². The van der Waals surface area contributed by atoms with Crippen LogP contribution >= 0.6 is 0 Å². The van der Waals surface area contributed by atoms with Crippen molar-refractivity contribution in [3.05, 3.63) is 60.7 Å². The van der Waals surface area contributed by atoms with Gasteiger partial charge in [0.15, 0.2) is 5.69 Å². The lowest BCUT2D eigenvalue weighted by molar-refractivity contribution is -0.734. The lowest BCUT2D eigenvalue weighted by Gasteiger charge is -2.24. The maximum atomic E-state index is 11.6. The van der Waals surface area contributed by atoms with Crippen LogP contribution in [0.4, 0.5) is 11.4 Å². The zero-order valence-corrected chi connectivity index (χ0v) is 15.5. The van der Waals surface area contributed by atoms with Crippen molar-refractivity contribution < 1.29 is 19.0 Å². The van der Waals surface area contributed by atoms with Gasteiger partial charge in [0.2, 0.25) is 11.2 Å². The third-order valence-corrected chi connectivity index (χ3v) is 5.49. The maximum Gasteiger partial charge on any atom is 0.308 e. The molecule has 1 aliphatic heterocycles. The van der Waals surface area contributed by atoms with Gasteiger partial charge in [-0.15, -0.1) is 0 Å². The van der Waals surface area contributed by atoms with Gasteiger partial charge in [-0.25, -0.2) is 0 Å². The lowest BCUT2D eigenvalue weighted by atomic mass is 9.93. The number of ether oxygens (including phenoxy) is 1. The largest absolute Gasteiger partial charge is 0.426 e. The molecule has 2 heterocycles. The number of fused-ring (bicyclic) bond motifs is 4. The third kappa shape index (κ3) is 2.20. The first-order valence-corrected chi connectivity index (χ1v) is 9.07. The third-order valence-electron chi connectivity index (χ3n) is 5.49. The van der Waals surface area contributed by atoms with Gasteiger partial charge in [0.25, 0.3) is 0 Å². The van der Waals surface area contributed by atoms with Gasteiger partial charge in [-0.3, -0.25) is 9.69 Å². The van der Waals surface area contributed by atoms with E-state index in [-0.39, 0.29) is 5.97 Å². The second-order valence-corrected chi connectivity index (χ2v) is 7.08. The minimum Gasteiger partial charge on any atom is -0.426 e. The molecule has 0 saturated heterocycles. The molecule has 4 aromatic rings. The first-order valence-electron chi connectivity index (χ1n) is 9.07. The molecular weight excluding hydrogens is 336 g/mol. The molecule has 0 radical (unpaired) electrons. The summed E-state index contributed by atoms with van der Waals surface area (Å²) in [6, 6.07) is 20.9. The fourth-order valence-electron chi connectivity index (χ4n) is 4.36. The highest BCUT2D eigenvalue weighted by molar-refractivity contribution is 6.14. The molecule has 1 aliphatic rings. The van der Waals surface area contributed by atoms with Crippen molar-refractivity contribution in [2.45, 2.75) is 6.92 Å². The van der Waals surface area contributed by atoms with Gasteiger partial charge in [-0.05, 0) is 18.2 Å². The predicted octanol–water partition coefficient (Wildman–Crippen LogP) is 3.20. The normalized spacial score (nSPS) is 15.0. The second-order valence-electron chi connectivity index (χ2n) is 7.08. The van der Waals surface area contributed by atoms with E-state index in [0.717, 1.165) is 22.0 Å². The Morgan fingerprint density at radius 3 is 2.52 bits per heavy atom. The molecule has 4 nitrogen and oxygen atoms in total. The van der Waals surface area contributed by atoms with Crippen LogP contribution in [0.1, 0.15) is 6.92 Å². The highest BCUT2D eigenvalue weighted by atomic mass is 16.5. The molecule has 0 spiro atoms. The molecule has 1 atom stereocenters. The number of pyridine rings is 1. The molecule has 4 heteroatoms. The van der Waals surface area contributed by atoms with E-state index in [9.17, 15) is 4.79 Å². The van der Waals surface area contributed by atoms with Crippen LogP contribution in [0.5, 0.6) is 5.75 Å². The zero-order chi connectivity index (χ0) is 18.7. The van der Waals surface area contributed by atoms with E-state index in [1.165, 1.54) is 34.2 Å². The Balaban J connectivity index is 2.03. The molecule has 0 amide bonds. The molecule has 1 unspecified atom stereocenters. The Bertz CT molecular complexity index is 1260. The van der Waals surface area contributed by atoms with Crippen LogP contribution in [0.25, 0.3) is 32.9 Å². The number of aryl methyl sites for hydroxylation is 1. The first kappa shape index (κ1) is 16.0. The van der Waals surface area contributed by atoms with Crippen LogP contribution in [0.15, 0.2) is 60.7 Å². The Hall–Kier alpha value is -3.24.